The van der Waals surface area contributed by atoms with Crippen molar-refractivity contribution in [3.05, 3.63) is 66.0 Å². The van der Waals surface area contributed by atoms with Gasteiger partial charge >= 0.3 is 6.03 Å². The molecule has 0 aliphatic carbocycles. The molecule has 0 fully saturated rings. The third-order valence-corrected chi connectivity index (χ3v) is 3.72. The van der Waals surface area contributed by atoms with Crippen molar-refractivity contribution < 1.29 is 9.59 Å². The fraction of sp³-hybridized carbons (Fsp3) is 0.0556. The molecule has 1 aromatic heterocycles. The molecule has 0 radical (unpaired) electrons. The van der Waals surface area contributed by atoms with E-state index in [1.807, 2.05) is 48.5 Å². The van der Waals surface area contributed by atoms with Crippen LogP contribution in [-0.2, 0) is 6.54 Å². The second-order valence-corrected chi connectivity index (χ2v) is 5.43. The number of nitrogens with zero attached hydrogens (tertiary/aromatic N) is 2. The first kappa shape index (κ1) is 16.4. The van der Waals surface area contributed by atoms with Gasteiger partial charge < -0.3 is 16.8 Å². The zero-order valence-corrected chi connectivity index (χ0v) is 13.3. The van der Waals surface area contributed by atoms with Crippen molar-refractivity contribution in [2.75, 3.05) is 5.32 Å². The van der Waals surface area contributed by atoms with E-state index in [0.29, 0.717) is 12.8 Å². The van der Waals surface area contributed by atoms with Crippen molar-refractivity contribution in [1.29, 1.82) is 0 Å². The maximum absolute atomic E-state index is 11.1. The molecule has 5 N–H and O–H groups in total. The van der Waals surface area contributed by atoms with Crippen LogP contribution in [0.1, 0.15) is 16.1 Å². The van der Waals surface area contributed by atoms with Crippen LogP contribution in [0.3, 0.4) is 0 Å². The second kappa shape index (κ2) is 6.98. The van der Waals surface area contributed by atoms with Crippen molar-refractivity contribution in [2.45, 2.75) is 6.54 Å². The predicted octanol–water partition coefficient (Wildman–Crippen LogP) is 2.30. The van der Waals surface area contributed by atoms with Gasteiger partial charge in [0.15, 0.2) is 6.29 Å². The molecule has 0 unspecified atom stereocenters. The number of carbonyl (C=O) groups excluding carboxylic acids is 2. The molecule has 0 saturated heterocycles. The number of aromatic nitrogens is 2. The molecular formula is C18H17N5O2. The van der Waals surface area contributed by atoms with Crippen LogP contribution in [0, 0.1) is 0 Å². The summed E-state index contributed by atoms with van der Waals surface area (Å²) in [5.74, 6) is 0. The van der Waals surface area contributed by atoms with Gasteiger partial charge in [-0.15, -0.1) is 0 Å². The summed E-state index contributed by atoms with van der Waals surface area (Å²) in [5.41, 5.74) is 15.0. The quantitative estimate of drug-likeness (QED) is 0.620. The van der Waals surface area contributed by atoms with Gasteiger partial charge in [-0.3, -0.25) is 4.79 Å². The van der Waals surface area contributed by atoms with Gasteiger partial charge in [0.25, 0.3) is 0 Å². The maximum atomic E-state index is 11.1. The van der Waals surface area contributed by atoms with E-state index < -0.39 is 6.03 Å². The number of hydrogen-bond donors (Lipinski definition) is 3. The molecule has 7 heteroatoms. The Morgan fingerprint density at radius 3 is 2.56 bits per heavy atom. The fourth-order valence-electron chi connectivity index (χ4n) is 2.54. The summed E-state index contributed by atoms with van der Waals surface area (Å²) in [5, 5.41) is 6.57. The Morgan fingerprint density at radius 2 is 1.88 bits per heavy atom. The molecule has 0 aliphatic rings. The first-order valence-electron chi connectivity index (χ1n) is 7.62. The normalized spacial score (nSPS) is 10.4. The highest BCUT2D eigenvalue weighted by Crippen LogP contribution is 2.24. The standard InChI is InChI=1S/C18H17N5O2/c19-9-12-3-1-4-13(7-12)14-5-2-6-15(8-14)23-10-16(21-18(20)25)17(11-24)22-23/h1-8,10-11H,9,19H2,(H3,20,21,25). The third kappa shape index (κ3) is 3.56. The average molecular weight is 335 g/mol. The highest BCUT2D eigenvalue weighted by atomic mass is 16.2. The monoisotopic (exact) mass is 335 g/mol. The van der Waals surface area contributed by atoms with E-state index in [0.717, 1.165) is 22.4 Å². The van der Waals surface area contributed by atoms with Crippen LogP contribution in [-0.4, -0.2) is 22.1 Å². The minimum absolute atomic E-state index is 0.106. The molecule has 0 saturated carbocycles. The van der Waals surface area contributed by atoms with Gasteiger partial charge in [-0.25, -0.2) is 9.48 Å². The van der Waals surface area contributed by atoms with Crippen molar-refractivity contribution >= 4 is 18.0 Å². The van der Waals surface area contributed by atoms with Gasteiger partial charge in [-0.05, 0) is 34.9 Å². The zero-order chi connectivity index (χ0) is 17.8. The lowest BCUT2D eigenvalue weighted by Crippen LogP contribution is -2.19. The second-order valence-electron chi connectivity index (χ2n) is 5.43. The van der Waals surface area contributed by atoms with Gasteiger partial charge in [0.1, 0.15) is 5.69 Å². The van der Waals surface area contributed by atoms with E-state index in [4.69, 9.17) is 11.5 Å². The van der Waals surface area contributed by atoms with Crippen LogP contribution in [0.2, 0.25) is 0 Å². The number of anilines is 1. The molecule has 25 heavy (non-hydrogen) atoms. The molecular weight excluding hydrogens is 318 g/mol. The van der Waals surface area contributed by atoms with Crippen LogP contribution in [0.4, 0.5) is 10.5 Å². The molecule has 126 valence electrons. The number of rotatable bonds is 5. The maximum Gasteiger partial charge on any atom is 0.316 e. The van der Waals surface area contributed by atoms with Crippen molar-refractivity contribution in [1.82, 2.24) is 9.78 Å². The highest BCUT2D eigenvalue weighted by molar-refractivity contribution is 5.93. The van der Waals surface area contributed by atoms with Gasteiger partial charge in [0.05, 0.1) is 17.6 Å². The first-order chi connectivity index (χ1) is 12.1. The van der Waals surface area contributed by atoms with Crippen LogP contribution in [0.5, 0.6) is 0 Å². The summed E-state index contributed by atoms with van der Waals surface area (Å²) < 4.78 is 1.52. The minimum Gasteiger partial charge on any atom is -0.351 e. The number of hydrogen-bond acceptors (Lipinski definition) is 4. The first-order valence-corrected chi connectivity index (χ1v) is 7.62. The number of aldehydes is 1. The van der Waals surface area contributed by atoms with Gasteiger partial charge in [-0.1, -0.05) is 30.3 Å². The summed E-state index contributed by atoms with van der Waals surface area (Å²) in [6.07, 6.45) is 2.11. The summed E-state index contributed by atoms with van der Waals surface area (Å²) >= 11 is 0. The van der Waals surface area contributed by atoms with E-state index in [9.17, 15) is 9.59 Å². The lowest BCUT2D eigenvalue weighted by molar-refractivity contribution is 0.111. The third-order valence-electron chi connectivity index (χ3n) is 3.72. The molecule has 0 bridgehead atoms. The Bertz CT molecular complexity index is 933. The number of nitrogens with two attached hydrogens (primary N) is 2. The smallest absolute Gasteiger partial charge is 0.316 e. The number of primary amides is 1. The topological polar surface area (TPSA) is 116 Å². The van der Waals surface area contributed by atoms with Gasteiger partial charge in [0, 0.05) is 6.54 Å². The zero-order valence-electron chi connectivity index (χ0n) is 13.3. The largest absolute Gasteiger partial charge is 0.351 e. The highest BCUT2D eigenvalue weighted by Gasteiger charge is 2.11. The van der Waals surface area contributed by atoms with Crippen LogP contribution in [0.25, 0.3) is 16.8 Å². The molecule has 3 aromatic rings. The molecule has 2 amide bonds. The van der Waals surface area contributed by atoms with Gasteiger partial charge in [-0.2, -0.15) is 5.10 Å². The van der Waals surface area contributed by atoms with Crippen molar-refractivity contribution in [2.24, 2.45) is 11.5 Å². The number of amides is 2. The Morgan fingerprint density at radius 1 is 1.16 bits per heavy atom. The van der Waals surface area contributed by atoms with E-state index in [2.05, 4.69) is 10.4 Å². The Labute approximate surface area is 144 Å². The van der Waals surface area contributed by atoms with Crippen LogP contribution < -0.4 is 16.8 Å². The van der Waals surface area contributed by atoms with E-state index in [1.165, 1.54) is 4.68 Å². The average Bonchev–Trinajstić information content (AvgIpc) is 3.04. The lowest BCUT2D eigenvalue weighted by atomic mass is 10.0. The predicted molar refractivity (Wildman–Crippen MR) is 95.5 cm³/mol. The summed E-state index contributed by atoms with van der Waals surface area (Å²) in [7, 11) is 0. The van der Waals surface area contributed by atoms with E-state index in [-0.39, 0.29) is 11.4 Å². The number of nitrogens with one attached hydrogen (secondary N) is 1. The summed E-state index contributed by atoms with van der Waals surface area (Å²) in [6, 6.07) is 14.9. The number of urea groups is 1. The van der Waals surface area contributed by atoms with Crippen molar-refractivity contribution in [3.8, 4) is 16.8 Å². The lowest BCUT2D eigenvalue weighted by Gasteiger charge is -2.07. The number of benzene rings is 2. The SMILES string of the molecule is NCc1cccc(-c2cccc(-n3cc(NC(N)=O)c(C=O)n3)c2)c1. The van der Waals surface area contributed by atoms with Crippen molar-refractivity contribution in [3.63, 3.8) is 0 Å². The summed E-state index contributed by atoms with van der Waals surface area (Å²) in [6.45, 7) is 0.470. The molecule has 0 atom stereocenters. The van der Waals surface area contributed by atoms with E-state index in [1.54, 1.807) is 6.20 Å². The summed E-state index contributed by atoms with van der Waals surface area (Å²) in [4.78, 5) is 22.2. The van der Waals surface area contributed by atoms with Gasteiger partial charge in [0.2, 0.25) is 0 Å². The Balaban J connectivity index is 2.00. The molecule has 0 aliphatic heterocycles. The number of carbonyl (C=O) groups is 2. The Hall–Kier alpha value is -3.45. The molecule has 7 nitrogen and oxygen atoms in total. The van der Waals surface area contributed by atoms with E-state index >= 15 is 0 Å². The Kier molecular flexibility index (Phi) is 4.58. The molecule has 2 aromatic carbocycles. The van der Waals surface area contributed by atoms with Crippen LogP contribution in [0.15, 0.2) is 54.7 Å². The fourth-order valence-corrected chi connectivity index (χ4v) is 2.54. The molecule has 0 spiro atoms. The molecule has 1 heterocycles. The van der Waals surface area contributed by atoms with Crippen LogP contribution >= 0.6 is 0 Å². The molecule has 3 rings (SSSR count). The minimum atomic E-state index is -0.755.